The molecule has 0 spiro atoms. The Labute approximate surface area is 152 Å². The van der Waals surface area contributed by atoms with Crippen LogP contribution < -0.4 is 15.4 Å². The lowest BCUT2D eigenvalue weighted by atomic mass is 10.3. The molecule has 0 radical (unpaired) electrons. The van der Waals surface area contributed by atoms with Gasteiger partial charge in [-0.2, -0.15) is 0 Å². The van der Waals surface area contributed by atoms with E-state index in [9.17, 15) is 14.0 Å². The standard InChI is InChI=1S/C19H22FN3O3/c1-23(11-10-18(24)22-17-9-4-3-8-16(17)20)13-19(25)21-14-6-5-7-15(12-14)26-2/h3-9,12H,10-11,13H2,1-2H3,(H,21,25)(H,22,24). The molecule has 0 bridgehead atoms. The predicted molar refractivity (Wildman–Crippen MR) is 98.8 cm³/mol. The van der Waals surface area contributed by atoms with Crippen molar-refractivity contribution in [1.29, 1.82) is 0 Å². The highest BCUT2D eigenvalue weighted by atomic mass is 19.1. The predicted octanol–water partition coefficient (Wildman–Crippen LogP) is 2.73. The van der Waals surface area contributed by atoms with Gasteiger partial charge in [0.05, 0.1) is 19.3 Å². The molecule has 0 aliphatic carbocycles. The van der Waals surface area contributed by atoms with Gasteiger partial charge in [0.25, 0.3) is 0 Å². The molecule has 0 heterocycles. The maximum Gasteiger partial charge on any atom is 0.238 e. The van der Waals surface area contributed by atoms with Crippen LogP contribution in [0.4, 0.5) is 15.8 Å². The van der Waals surface area contributed by atoms with E-state index in [4.69, 9.17) is 4.74 Å². The summed E-state index contributed by atoms with van der Waals surface area (Å²) < 4.78 is 18.6. The Morgan fingerprint density at radius 1 is 1.08 bits per heavy atom. The quantitative estimate of drug-likeness (QED) is 0.760. The van der Waals surface area contributed by atoms with Crippen LogP contribution >= 0.6 is 0 Å². The van der Waals surface area contributed by atoms with Crippen molar-refractivity contribution in [1.82, 2.24) is 4.90 Å². The van der Waals surface area contributed by atoms with Gasteiger partial charge in [0, 0.05) is 24.7 Å². The number of benzene rings is 2. The van der Waals surface area contributed by atoms with E-state index in [1.54, 1.807) is 55.5 Å². The largest absolute Gasteiger partial charge is 0.497 e. The van der Waals surface area contributed by atoms with Crippen LogP contribution in [0.2, 0.25) is 0 Å². The Balaban J connectivity index is 1.75. The van der Waals surface area contributed by atoms with Crippen molar-refractivity contribution in [2.24, 2.45) is 0 Å². The third-order valence-corrected chi connectivity index (χ3v) is 3.64. The number of rotatable bonds is 8. The van der Waals surface area contributed by atoms with Gasteiger partial charge in [-0.3, -0.25) is 14.5 Å². The second-order valence-electron chi connectivity index (χ2n) is 5.80. The topological polar surface area (TPSA) is 70.7 Å². The lowest BCUT2D eigenvalue weighted by Gasteiger charge is -2.16. The first-order valence-corrected chi connectivity index (χ1v) is 8.15. The van der Waals surface area contributed by atoms with Crippen LogP contribution in [0.25, 0.3) is 0 Å². The minimum absolute atomic E-state index is 0.129. The number of likely N-dealkylation sites (N-methyl/N-ethyl adjacent to an activating group) is 1. The average Bonchev–Trinajstić information content (AvgIpc) is 2.62. The van der Waals surface area contributed by atoms with Crippen molar-refractivity contribution >= 4 is 23.2 Å². The summed E-state index contributed by atoms with van der Waals surface area (Å²) in [7, 11) is 3.29. The zero-order chi connectivity index (χ0) is 18.9. The van der Waals surface area contributed by atoms with Crippen molar-refractivity contribution in [3.63, 3.8) is 0 Å². The summed E-state index contributed by atoms with van der Waals surface area (Å²) in [4.78, 5) is 25.7. The number of carbonyl (C=O) groups is 2. The number of methoxy groups -OCH3 is 1. The Hall–Kier alpha value is -2.93. The lowest BCUT2D eigenvalue weighted by Crippen LogP contribution is -2.32. The average molecular weight is 359 g/mol. The van der Waals surface area contributed by atoms with Crippen LogP contribution in [0, 0.1) is 5.82 Å². The molecule has 0 aromatic heterocycles. The van der Waals surface area contributed by atoms with E-state index in [2.05, 4.69) is 10.6 Å². The summed E-state index contributed by atoms with van der Waals surface area (Å²) in [6.07, 6.45) is 0.150. The van der Waals surface area contributed by atoms with Gasteiger partial charge in [0.2, 0.25) is 11.8 Å². The van der Waals surface area contributed by atoms with Crippen molar-refractivity contribution in [3.8, 4) is 5.75 Å². The Morgan fingerprint density at radius 3 is 2.58 bits per heavy atom. The van der Waals surface area contributed by atoms with Gasteiger partial charge in [-0.15, -0.1) is 0 Å². The number of amides is 2. The van der Waals surface area contributed by atoms with Crippen molar-refractivity contribution < 1.29 is 18.7 Å². The first-order valence-electron chi connectivity index (χ1n) is 8.15. The fourth-order valence-electron chi connectivity index (χ4n) is 2.29. The molecule has 7 heteroatoms. The third kappa shape index (κ3) is 6.18. The minimum Gasteiger partial charge on any atom is -0.497 e. The Kier molecular flexibility index (Phi) is 7.11. The van der Waals surface area contributed by atoms with Crippen LogP contribution in [0.15, 0.2) is 48.5 Å². The molecule has 0 unspecified atom stereocenters. The van der Waals surface area contributed by atoms with E-state index in [0.717, 1.165) is 0 Å². The number of ether oxygens (including phenoxy) is 1. The molecular formula is C19H22FN3O3. The smallest absolute Gasteiger partial charge is 0.238 e. The van der Waals surface area contributed by atoms with Crippen molar-refractivity contribution in [2.75, 3.05) is 37.9 Å². The summed E-state index contributed by atoms with van der Waals surface area (Å²) in [6.45, 7) is 0.496. The summed E-state index contributed by atoms with van der Waals surface area (Å²) >= 11 is 0. The van der Waals surface area contributed by atoms with Crippen LogP contribution in [0.3, 0.4) is 0 Å². The van der Waals surface area contributed by atoms with Crippen LogP contribution in [0.1, 0.15) is 6.42 Å². The van der Waals surface area contributed by atoms with E-state index in [1.807, 2.05) is 0 Å². The SMILES string of the molecule is COc1cccc(NC(=O)CN(C)CCC(=O)Nc2ccccc2F)c1. The zero-order valence-corrected chi connectivity index (χ0v) is 14.8. The third-order valence-electron chi connectivity index (χ3n) is 3.64. The van der Waals surface area contributed by atoms with E-state index < -0.39 is 5.82 Å². The van der Waals surface area contributed by atoms with E-state index >= 15 is 0 Å². The maximum absolute atomic E-state index is 13.5. The minimum atomic E-state index is -0.480. The molecule has 0 aliphatic heterocycles. The number of carbonyl (C=O) groups excluding carboxylic acids is 2. The van der Waals surface area contributed by atoms with Gasteiger partial charge in [-0.1, -0.05) is 18.2 Å². The van der Waals surface area contributed by atoms with Crippen LogP contribution in [0.5, 0.6) is 5.75 Å². The number of hydrogen-bond acceptors (Lipinski definition) is 4. The first-order chi connectivity index (χ1) is 12.5. The second-order valence-corrected chi connectivity index (χ2v) is 5.80. The molecule has 0 aliphatic rings. The second kappa shape index (κ2) is 9.53. The molecule has 2 aromatic rings. The fraction of sp³-hybridized carbons (Fsp3) is 0.263. The van der Waals surface area contributed by atoms with Gasteiger partial charge in [0.1, 0.15) is 11.6 Å². The van der Waals surface area contributed by atoms with Crippen LogP contribution in [-0.4, -0.2) is 44.0 Å². The first kappa shape index (κ1) is 19.4. The molecule has 0 fully saturated rings. The van der Waals surface area contributed by atoms with Gasteiger partial charge >= 0.3 is 0 Å². The lowest BCUT2D eigenvalue weighted by molar-refractivity contribution is -0.119. The fourth-order valence-corrected chi connectivity index (χ4v) is 2.29. The number of anilines is 2. The highest BCUT2D eigenvalue weighted by molar-refractivity contribution is 5.93. The monoisotopic (exact) mass is 359 g/mol. The van der Waals surface area contributed by atoms with Crippen molar-refractivity contribution in [3.05, 3.63) is 54.3 Å². The number of nitrogens with zero attached hydrogens (tertiary/aromatic N) is 1. The molecular weight excluding hydrogens is 337 g/mol. The zero-order valence-electron chi connectivity index (χ0n) is 14.8. The molecule has 138 valence electrons. The summed E-state index contributed by atoms with van der Waals surface area (Å²) in [6, 6.07) is 13.0. The van der Waals surface area contributed by atoms with Crippen molar-refractivity contribution in [2.45, 2.75) is 6.42 Å². The molecule has 2 amide bonds. The van der Waals surface area contributed by atoms with Gasteiger partial charge in [0.15, 0.2) is 0 Å². The van der Waals surface area contributed by atoms with E-state index in [-0.39, 0.29) is 30.5 Å². The number of para-hydroxylation sites is 1. The molecule has 0 saturated carbocycles. The summed E-state index contributed by atoms with van der Waals surface area (Å²) in [5, 5.41) is 5.29. The molecule has 0 atom stereocenters. The molecule has 2 rings (SSSR count). The molecule has 6 nitrogen and oxygen atoms in total. The van der Waals surface area contributed by atoms with E-state index in [1.165, 1.54) is 12.1 Å². The molecule has 26 heavy (non-hydrogen) atoms. The summed E-state index contributed by atoms with van der Waals surface area (Å²) in [5.41, 5.74) is 0.788. The van der Waals surface area contributed by atoms with Gasteiger partial charge in [-0.25, -0.2) is 4.39 Å². The number of nitrogens with one attached hydrogen (secondary N) is 2. The Bertz CT molecular complexity index is 767. The number of hydrogen-bond donors (Lipinski definition) is 2. The molecule has 2 aromatic carbocycles. The van der Waals surface area contributed by atoms with E-state index in [0.29, 0.717) is 18.0 Å². The normalized spacial score (nSPS) is 10.5. The molecule has 0 saturated heterocycles. The van der Waals surface area contributed by atoms with Gasteiger partial charge in [-0.05, 0) is 31.3 Å². The van der Waals surface area contributed by atoms with Gasteiger partial charge < -0.3 is 15.4 Å². The molecule has 2 N–H and O–H groups in total. The summed E-state index contributed by atoms with van der Waals surface area (Å²) in [5.74, 6) is -0.335. The highest BCUT2D eigenvalue weighted by Gasteiger charge is 2.11. The highest BCUT2D eigenvalue weighted by Crippen LogP contribution is 2.16. The Morgan fingerprint density at radius 2 is 1.85 bits per heavy atom. The van der Waals surface area contributed by atoms with Crippen LogP contribution in [-0.2, 0) is 9.59 Å². The number of halogens is 1. The maximum atomic E-state index is 13.5.